The number of hydrogen-bond donors (Lipinski definition) is 3. The number of fused-ring (bicyclic) bond motifs is 1. The third-order valence-electron chi connectivity index (χ3n) is 6.02. The molecule has 0 bridgehead atoms. The van der Waals surface area contributed by atoms with Crippen LogP contribution in [0.3, 0.4) is 0 Å². The summed E-state index contributed by atoms with van der Waals surface area (Å²) in [4.78, 5) is 10.7. The second-order valence-corrected chi connectivity index (χ2v) is 8.16. The molecule has 0 aromatic heterocycles. The molecule has 0 radical (unpaired) electrons. The number of allylic oxidation sites excluding steroid dienone is 2. The molecule has 1 saturated carbocycles. The van der Waals surface area contributed by atoms with Crippen LogP contribution in [0.2, 0.25) is 0 Å². The van der Waals surface area contributed by atoms with Crippen LogP contribution in [0.1, 0.15) is 65.2 Å². The fraction of sp³-hybridized carbons (Fsp3) is 0.727. The number of carboxylic acid groups (broad SMARTS) is 1. The Balaban J connectivity index is 2.00. The lowest BCUT2D eigenvalue weighted by atomic mass is 9.89. The van der Waals surface area contributed by atoms with Crippen LogP contribution in [0.25, 0.3) is 0 Å². The fourth-order valence-electron chi connectivity index (χ4n) is 4.22. The van der Waals surface area contributed by atoms with Gasteiger partial charge in [-0.25, -0.2) is 0 Å². The highest BCUT2D eigenvalue weighted by molar-refractivity contribution is 5.66. The molecule has 1 aliphatic heterocycles. The summed E-state index contributed by atoms with van der Waals surface area (Å²) in [5, 5.41) is 38.9. The number of unbranched alkanes of at least 4 members (excludes halogenated alkanes) is 1. The van der Waals surface area contributed by atoms with Crippen LogP contribution in [-0.2, 0) is 9.53 Å². The van der Waals surface area contributed by atoms with E-state index >= 15 is 0 Å². The normalized spacial score (nSPS) is 30.5. The summed E-state index contributed by atoms with van der Waals surface area (Å²) in [7, 11) is 0. The van der Waals surface area contributed by atoms with Gasteiger partial charge in [0.1, 0.15) is 11.9 Å². The first-order valence-electron chi connectivity index (χ1n) is 10.4. The van der Waals surface area contributed by atoms with Gasteiger partial charge < -0.3 is 20.1 Å². The Bertz CT molecular complexity index is 635. The highest BCUT2D eigenvalue weighted by Gasteiger charge is 2.47. The van der Waals surface area contributed by atoms with Crippen LogP contribution in [0.4, 0.5) is 0 Å². The Morgan fingerprint density at radius 2 is 2.14 bits per heavy atom. The molecule has 1 aliphatic carbocycles. The van der Waals surface area contributed by atoms with Gasteiger partial charge in [0.25, 0.3) is 0 Å². The van der Waals surface area contributed by atoms with Crippen molar-refractivity contribution in [2.45, 2.75) is 83.5 Å². The van der Waals surface area contributed by atoms with Crippen molar-refractivity contribution in [1.82, 2.24) is 0 Å². The van der Waals surface area contributed by atoms with Crippen LogP contribution in [0.15, 0.2) is 23.5 Å². The first-order chi connectivity index (χ1) is 13.4. The van der Waals surface area contributed by atoms with E-state index in [0.29, 0.717) is 37.0 Å². The zero-order valence-electron chi connectivity index (χ0n) is 16.9. The zero-order chi connectivity index (χ0) is 20.7. The highest BCUT2D eigenvalue weighted by atomic mass is 16.5. The minimum absolute atomic E-state index is 0.0312. The van der Waals surface area contributed by atoms with E-state index in [0.717, 1.165) is 19.3 Å². The molecule has 1 heterocycles. The molecule has 6 heteroatoms. The topological polar surface area (TPSA) is 111 Å². The van der Waals surface area contributed by atoms with Crippen molar-refractivity contribution in [3.05, 3.63) is 23.5 Å². The lowest BCUT2D eigenvalue weighted by Crippen LogP contribution is -2.20. The summed E-state index contributed by atoms with van der Waals surface area (Å²) in [6.07, 6.45) is 7.65. The summed E-state index contributed by atoms with van der Waals surface area (Å²) in [6, 6.07) is 2.16. The molecule has 6 unspecified atom stereocenters. The number of carbonyl (C=O) groups is 1. The smallest absolute Gasteiger partial charge is 0.303 e. The average molecular weight is 392 g/mol. The van der Waals surface area contributed by atoms with Gasteiger partial charge in [-0.2, -0.15) is 5.26 Å². The van der Waals surface area contributed by atoms with Crippen molar-refractivity contribution < 1.29 is 24.9 Å². The maximum absolute atomic E-state index is 10.7. The summed E-state index contributed by atoms with van der Waals surface area (Å²) < 4.78 is 5.96. The minimum Gasteiger partial charge on any atom is -0.493 e. The van der Waals surface area contributed by atoms with E-state index in [4.69, 9.17) is 9.84 Å². The lowest BCUT2D eigenvalue weighted by molar-refractivity contribution is -0.137. The summed E-state index contributed by atoms with van der Waals surface area (Å²) in [6.45, 7) is 4.17. The van der Waals surface area contributed by atoms with E-state index < -0.39 is 18.2 Å². The van der Waals surface area contributed by atoms with Crippen LogP contribution >= 0.6 is 0 Å². The zero-order valence-corrected chi connectivity index (χ0v) is 16.9. The van der Waals surface area contributed by atoms with Gasteiger partial charge in [0.2, 0.25) is 0 Å². The van der Waals surface area contributed by atoms with E-state index in [9.17, 15) is 20.3 Å². The van der Waals surface area contributed by atoms with Crippen LogP contribution in [-0.4, -0.2) is 39.6 Å². The molecule has 0 aromatic carbocycles. The second-order valence-electron chi connectivity index (χ2n) is 8.16. The maximum atomic E-state index is 10.7. The molecule has 0 aromatic rings. The van der Waals surface area contributed by atoms with Gasteiger partial charge in [-0.05, 0) is 25.2 Å². The first-order valence-corrected chi connectivity index (χ1v) is 10.4. The molecular formula is C22H33NO5. The van der Waals surface area contributed by atoms with Crippen LogP contribution in [0, 0.1) is 29.1 Å². The standard InChI is InChI=1S/C22H33NO5/c1-3-4-6-14(2)18(24)10-9-16-17-11-20(28-21(17)12-19(16)25)15(13-23)7-5-8-22(26)27/h9-10,14,16-19,21,24-25H,3-8,11-12H2,1-2H3,(H,26,27). The molecular weight excluding hydrogens is 358 g/mol. The van der Waals surface area contributed by atoms with Gasteiger partial charge in [0.15, 0.2) is 0 Å². The van der Waals surface area contributed by atoms with Crippen molar-refractivity contribution in [2.24, 2.45) is 17.8 Å². The largest absolute Gasteiger partial charge is 0.493 e. The van der Waals surface area contributed by atoms with Gasteiger partial charge in [0, 0.05) is 31.1 Å². The predicted octanol–water partition coefficient (Wildman–Crippen LogP) is 3.55. The summed E-state index contributed by atoms with van der Waals surface area (Å²) in [5.74, 6) is -0.0615. The van der Waals surface area contributed by atoms with Crippen molar-refractivity contribution in [2.75, 3.05) is 0 Å². The third-order valence-corrected chi connectivity index (χ3v) is 6.02. The molecule has 1 saturated heterocycles. The van der Waals surface area contributed by atoms with E-state index in [-0.39, 0.29) is 30.3 Å². The fourth-order valence-corrected chi connectivity index (χ4v) is 4.22. The number of aliphatic carboxylic acids is 1. The van der Waals surface area contributed by atoms with E-state index in [1.807, 2.05) is 13.0 Å². The van der Waals surface area contributed by atoms with Crippen LogP contribution in [0.5, 0.6) is 0 Å². The lowest BCUT2D eigenvalue weighted by Gasteiger charge is -2.18. The van der Waals surface area contributed by atoms with Gasteiger partial charge in [-0.1, -0.05) is 38.8 Å². The summed E-state index contributed by atoms with van der Waals surface area (Å²) in [5.41, 5.74) is 0.515. The molecule has 2 rings (SSSR count). The summed E-state index contributed by atoms with van der Waals surface area (Å²) >= 11 is 0. The van der Waals surface area contributed by atoms with E-state index in [1.54, 1.807) is 6.08 Å². The van der Waals surface area contributed by atoms with E-state index in [1.165, 1.54) is 0 Å². The molecule has 0 amide bonds. The van der Waals surface area contributed by atoms with Crippen molar-refractivity contribution in [3.8, 4) is 6.07 Å². The number of nitriles is 1. The van der Waals surface area contributed by atoms with Crippen LogP contribution < -0.4 is 0 Å². The van der Waals surface area contributed by atoms with Crippen molar-refractivity contribution in [3.63, 3.8) is 0 Å². The number of nitrogens with zero attached hydrogens (tertiary/aromatic N) is 1. The molecule has 2 aliphatic rings. The maximum Gasteiger partial charge on any atom is 0.303 e. The van der Waals surface area contributed by atoms with Gasteiger partial charge >= 0.3 is 5.97 Å². The van der Waals surface area contributed by atoms with E-state index in [2.05, 4.69) is 13.0 Å². The van der Waals surface area contributed by atoms with Gasteiger partial charge in [0.05, 0.1) is 23.9 Å². The Morgan fingerprint density at radius 3 is 2.79 bits per heavy atom. The quantitative estimate of drug-likeness (QED) is 0.388. The molecule has 28 heavy (non-hydrogen) atoms. The number of hydrogen-bond acceptors (Lipinski definition) is 5. The number of aliphatic hydroxyl groups excluding tert-OH is 2. The first kappa shape index (κ1) is 22.4. The van der Waals surface area contributed by atoms with Crippen molar-refractivity contribution in [1.29, 1.82) is 5.26 Å². The Labute approximate surface area is 167 Å². The number of carboxylic acids is 1. The molecule has 156 valence electrons. The molecule has 0 spiro atoms. The van der Waals surface area contributed by atoms with Crippen molar-refractivity contribution >= 4 is 5.97 Å². The molecule has 3 N–H and O–H groups in total. The number of ether oxygens (including phenoxy) is 1. The predicted molar refractivity (Wildman–Crippen MR) is 105 cm³/mol. The SMILES string of the molecule is CCCCC(C)C(O)C=CC1C(O)CC2OC(=C(C#N)CCCC(=O)O)CC21. The molecule has 6 nitrogen and oxygen atoms in total. The van der Waals surface area contributed by atoms with Gasteiger partial charge in [-0.15, -0.1) is 0 Å². The molecule has 6 atom stereocenters. The Morgan fingerprint density at radius 1 is 1.39 bits per heavy atom. The molecule has 2 fully saturated rings. The Kier molecular flexibility index (Phi) is 8.53. The van der Waals surface area contributed by atoms with Gasteiger partial charge in [-0.3, -0.25) is 4.79 Å². The second kappa shape index (κ2) is 10.6. The monoisotopic (exact) mass is 391 g/mol. The average Bonchev–Trinajstić information content (AvgIpc) is 3.18. The minimum atomic E-state index is -0.869. The highest BCUT2D eigenvalue weighted by Crippen LogP contribution is 2.46. The number of rotatable bonds is 10. The third kappa shape index (κ3) is 5.83. The number of aliphatic hydroxyl groups is 2. The Hall–Kier alpha value is -1.84.